The number of fused-ring (bicyclic) bond motifs is 2. The van der Waals surface area contributed by atoms with Crippen LogP contribution in [0.3, 0.4) is 0 Å². The number of hydrogen-bond donors (Lipinski definition) is 0. The van der Waals surface area contributed by atoms with Crippen LogP contribution in [0, 0.1) is 11.8 Å². The van der Waals surface area contributed by atoms with Crippen molar-refractivity contribution in [3.8, 4) is 11.5 Å². The fraction of sp³-hybridized carbons (Fsp3) is 0.417. The molecule has 1 saturated heterocycles. The summed E-state index contributed by atoms with van der Waals surface area (Å²) in [6, 6.07) is 16.0. The van der Waals surface area contributed by atoms with Crippen molar-refractivity contribution in [3.05, 3.63) is 71.8 Å². The van der Waals surface area contributed by atoms with Gasteiger partial charge in [0.25, 0.3) is 0 Å². The molecule has 2 bridgehead atoms. The van der Waals surface area contributed by atoms with Crippen LogP contribution in [0.1, 0.15) is 11.1 Å². The summed E-state index contributed by atoms with van der Waals surface area (Å²) in [6.07, 6.45) is 4.58. The van der Waals surface area contributed by atoms with Crippen molar-refractivity contribution in [2.24, 2.45) is 11.8 Å². The summed E-state index contributed by atoms with van der Waals surface area (Å²) >= 11 is 0. The highest BCUT2D eigenvalue weighted by atomic mass is 16.5. The minimum atomic E-state index is 0.130. The Balaban J connectivity index is 1.26. The smallest absolute Gasteiger partial charge is 0.118 e. The van der Waals surface area contributed by atoms with E-state index in [0.29, 0.717) is 38.3 Å². The van der Waals surface area contributed by atoms with Gasteiger partial charge in [0, 0.05) is 11.8 Å². The molecule has 0 radical (unpaired) electrons. The van der Waals surface area contributed by atoms with Crippen molar-refractivity contribution in [1.82, 2.24) is 0 Å². The van der Waals surface area contributed by atoms with Crippen molar-refractivity contribution in [3.63, 3.8) is 0 Å². The van der Waals surface area contributed by atoms with Crippen LogP contribution in [0.2, 0.25) is 0 Å². The largest absolute Gasteiger partial charge is 0.497 e. The predicted molar refractivity (Wildman–Crippen MR) is 110 cm³/mol. The van der Waals surface area contributed by atoms with Crippen LogP contribution in [0.15, 0.2) is 60.7 Å². The van der Waals surface area contributed by atoms with Gasteiger partial charge in [0.2, 0.25) is 0 Å². The summed E-state index contributed by atoms with van der Waals surface area (Å²) in [5, 5.41) is 0. The molecule has 0 unspecified atom stereocenters. The van der Waals surface area contributed by atoms with E-state index in [-0.39, 0.29) is 12.2 Å². The van der Waals surface area contributed by atoms with Gasteiger partial charge >= 0.3 is 0 Å². The highest BCUT2D eigenvalue weighted by Crippen LogP contribution is 2.39. The SMILES string of the molecule is COc1ccc(COC[C@@H]2[C@H](COCc3ccc(OC)cc3)[C@H]3C=C[C@@H]2O3)cc1. The lowest BCUT2D eigenvalue weighted by atomic mass is 9.84. The fourth-order valence-electron chi connectivity index (χ4n) is 3.97. The van der Waals surface area contributed by atoms with Crippen molar-refractivity contribution < 1.29 is 23.7 Å². The van der Waals surface area contributed by atoms with Gasteiger partial charge in [0.1, 0.15) is 11.5 Å². The number of methoxy groups -OCH3 is 2. The minimum Gasteiger partial charge on any atom is -0.497 e. The molecule has 0 spiro atoms. The molecule has 0 saturated carbocycles. The molecule has 2 aliphatic heterocycles. The topological polar surface area (TPSA) is 46.2 Å². The normalized spacial score (nSPS) is 24.8. The van der Waals surface area contributed by atoms with Gasteiger partial charge in [0.05, 0.1) is 52.9 Å². The van der Waals surface area contributed by atoms with Crippen LogP contribution in [0.25, 0.3) is 0 Å². The van der Waals surface area contributed by atoms with E-state index in [1.54, 1.807) is 14.2 Å². The van der Waals surface area contributed by atoms with E-state index in [1.807, 2.05) is 48.5 Å². The minimum absolute atomic E-state index is 0.130. The zero-order valence-electron chi connectivity index (χ0n) is 17.0. The first kappa shape index (κ1) is 20.0. The maximum absolute atomic E-state index is 6.06. The Morgan fingerprint density at radius 1 is 0.655 bits per heavy atom. The average Bonchev–Trinajstić information content (AvgIpc) is 3.37. The van der Waals surface area contributed by atoms with Crippen LogP contribution < -0.4 is 9.47 Å². The average molecular weight is 396 g/mol. The fourth-order valence-corrected chi connectivity index (χ4v) is 3.97. The Morgan fingerprint density at radius 2 is 1.07 bits per heavy atom. The molecule has 2 aromatic carbocycles. The molecule has 154 valence electrons. The monoisotopic (exact) mass is 396 g/mol. The highest BCUT2D eigenvalue weighted by molar-refractivity contribution is 5.27. The van der Waals surface area contributed by atoms with Gasteiger partial charge in [0.15, 0.2) is 0 Å². The second-order valence-electron chi connectivity index (χ2n) is 7.50. The Morgan fingerprint density at radius 3 is 1.45 bits per heavy atom. The molecular formula is C24H28O5. The molecule has 4 rings (SSSR count). The summed E-state index contributed by atoms with van der Waals surface area (Å²) in [4.78, 5) is 0. The van der Waals surface area contributed by atoms with Gasteiger partial charge in [-0.3, -0.25) is 0 Å². The van der Waals surface area contributed by atoms with Gasteiger partial charge in [-0.15, -0.1) is 0 Å². The van der Waals surface area contributed by atoms with Gasteiger partial charge in [-0.25, -0.2) is 0 Å². The quantitative estimate of drug-likeness (QED) is 0.568. The van der Waals surface area contributed by atoms with E-state index >= 15 is 0 Å². The maximum atomic E-state index is 6.06. The molecule has 4 atom stereocenters. The molecule has 5 nitrogen and oxygen atoms in total. The third-order valence-electron chi connectivity index (χ3n) is 5.67. The Hall–Kier alpha value is -2.34. The lowest BCUT2D eigenvalue weighted by Crippen LogP contribution is -2.31. The van der Waals surface area contributed by atoms with Crippen molar-refractivity contribution >= 4 is 0 Å². The van der Waals surface area contributed by atoms with Gasteiger partial charge in [-0.05, 0) is 35.4 Å². The summed E-state index contributed by atoms with van der Waals surface area (Å²) in [5.41, 5.74) is 2.27. The Kier molecular flexibility index (Phi) is 6.49. The van der Waals surface area contributed by atoms with E-state index in [2.05, 4.69) is 12.2 Å². The molecule has 2 aromatic rings. The van der Waals surface area contributed by atoms with Crippen LogP contribution in [0.4, 0.5) is 0 Å². The van der Waals surface area contributed by atoms with Crippen LogP contribution >= 0.6 is 0 Å². The third kappa shape index (κ3) is 4.81. The van der Waals surface area contributed by atoms with E-state index in [4.69, 9.17) is 23.7 Å². The van der Waals surface area contributed by atoms with Gasteiger partial charge < -0.3 is 23.7 Å². The van der Waals surface area contributed by atoms with E-state index in [0.717, 1.165) is 22.6 Å². The predicted octanol–water partition coefficient (Wildman–Crippen LogP) is 4.01. The molecule has 1 fully saturated rings. The highest BCUT2D eigenvalue weighted by Gasteiger charge is 2.45. The van der Waals surface area contributed by atoms with Crippen LogP contribution in [-0.2, 0) is 27.4 Å². The maximum Gasteiger partial charge on any atom is 0.118 e. The van der Waals surface area contributed by atoms with Gasteiger partial charge in [-0.1, -0.05) is 36.4 Å². The molecule has 2 aliphatic rings. The zero-order valence-corrected chi connectivity index (χ0v) is 17.0. The van der Waals surface area contributed by atoms with Crippen molar-refractivity contribution in [1.29, 1.82) is 0 Å². The molecule has 0 aromatic heterocycles. The van der Waals surface area contributed by atoms with Gasteiger partial charge in [-0.2, -0.15) is 0 Å². The summed E-state index contributed by atoms with van der Waals surface area (Å²) in [5.74, 6) is 2.35. The molecular weight excluding hydrogens is 368 g/mol. The molecule has 5 heteroatoms. The molecule has 2 heterocycles. The van der Waals surface area contributed by atoms with Crippen molar-refractivity contribution in [2.45, 2.75) is 25.4 Å². The first-order chi connectivity index (χ1) is 14.3. The summed E-state index contributed by atoms with van der Waals surface area (Å²) < 4.78 is 28.5. The molecule has 0 N–H and O–H groups in total. The van der Waals surface area contributed by atoms with E-state index < -0.39 is 0 Å². The summed E-state index contributed by atoms with van der Waals surface area (Å²) in [6.45, 7) is 2.49. The second-order valence-corrected chi connectivity index (χ2v) is 7.50. The number of rotatable bonds is 10. The molecule has 29 heavy (non-hydrogen) atoms. The number of hydrogen-bond acceptors (Lipinski definition) is 5. The lowest BCUT2D eigenvalue weighted by molar-refractivity contribution is 0.0292. The second kappa shape index (κ2) is 9.44. The standard InChI is InChI=1S/C24H28O5/c1-25-19-7-3-17(4-8-19)13-27-15-21-22(24-12-11-23(21)29-24)16-28-14-18-5-9-20(26-2)10-6-18/h3-12,21-24H,13-16H2,1-2H3/t21-,22+,23+,24-. The van der Waals surface area contributed by atoms with E-state index in [1.165, 1.54) is 0 Å². The number of benzene rings is 2. The zero-order chi connectivity index (χ0) is 20.1. The first-order valence-corrected chi connectivity index (χ1v) is 10.0. The first-order valence-electron chi connectivity index (χ1n) is 10.0. The molecule has 0 amide bonds. The van der Waals surface area contributed by atoms with E-state index in [9.17, 15) is 0 Å². The van der Waals surface area contributed by atoms with Crippen LogP contribution in [-0.4, -0.2) is 39.6 Å². The molecule has 0 aliphatic carbocycles. The Bertz CT molecular complexity index is 732. The number of ether oxygens (including phenoxy) is 5. The van der Waals surface area contributed by atoms with Crippen molar-refractivity contribution in [2.75, 3.05) is 27.4 Å². The summed E-state index contributed by atoms with van der Waals surface area (Å²) in [7, 11) is 3.34. The van der Waals surface area contributed by atoms with Crippen LogP contribution in [0.5, 0.6) is 11.5 Å². The Labute approximate surface area is 172 Å². The lowest BCUT2D eigenvalue weighted by Gasteiger charge is -2.25. The third-order valence-corrected chi connectivity index (χ3v) is 5.67.